The van der Waals surface area contributed by atoms with E-state index in [1.807, 2.05) is 6.92 Å². The molecule has 1 unspecified atom stereocenters. The average Bonchev–Trinajstić information content (AvgIpc) is 2.76. The molecule has 0 aromatic rings. The van der Waals surface area contributed by atoms with Gasteiger partial charge < -0.3 is 16.2 Å². The number of nitrogens with one attached hydrogen (secondary N) is 1. The van der Waals surface area contributed by atoms with E-state index in [1.165, 1.54) is 25.7 Å². The van der Waals surface area contributed by atoms with Gasteiger partial charge in [-0.15, -0.1) is 0 Å². The monoisotopic (exact) mass is 227 g/mol. The Morgan fingerprint density at radius 2 is 2.19 bits per heavy atom. The van der Waals surface area contributed by atoms with Crippen molar-refractivity contribution in [2.24, 2.45) is 16.6 Å². The van der Waals surface area contributed by atoms with Crippen molar-refractivity contribution in [1.29, 1.82) is 0 Å². The molecule has 0 amide bonds. The second-order valence-electron chi connectivity index (χ2n) is 4.82. The minimum Gasteiger partial charge on any atom is -0.396 e. The Bertz CT molecular complexity index is 212. The maximum atomic E-state index is 8.86. The van der Waals surface area contributed by atoms with E-state index < -0.39 is 0 Å². The van der Waals surface area contributed by atoms with E-state index in [0.29, 0.717) is 17.9 Å². The van der Waals surface area contributed by atoms with E-state index in [0.717, 1.165) is 19.4 Å². The molecule has 0 spiro atoms. The second kappa shape index (κ2) is 7.49. The Hall–Kier alpha value is -0.770. The van der Waals surface area contributed by atoms with Crippen molar-refractivity contribution in [2.75, 3.05) is 13.2 Å². The summed E-state index contributed by atoms with van der Waals surface area (Å²) in [5.74, 6) is 0.961. The molecule has 0 bridgehead atoms. The van der Waals surface area contributed by atoms with Gasteiger partial charge in [0, 0.05) is 19.2 Å². The number of guanidine groups is 1. The summed E-state index contributed by atoms with van der Waals surface area (Å²) in [5.41, 5.74) is 5.79. The SMILES string of the molecule is CC(CO)CCCN=C(N)NC1CCCC1. The molecule has 4 N–H and O–H groups in total. The van der Waals surface area contributed by atoms with Crippen molar-refractivity contribution in [2.45, 2.75) is 51.5 Å². The van der Waals surface area contributed by atoms with Gasteiger partial charge in [0.05, 0.1) is 0 Å². The molecule has 0 aromatic carbocycles. The summed E-state index contributed by atoms with van der Waals surface area (Å²) in [6.07, 6.45) is 7.05. The van der Waals surface area contributed by atoms with Gasteiger partial charge in [0.2, 0.25) is 0 Å². The van der Waals surface area contributed by atoms with Crippen LogP contribution in [-0.4, -0.2) is 30.3 Å². The number of aliphatic hydroxyl groups is 1. The van der Waals surface area contributed by atoms with E-state index in [4.69, 9.17) is 10.8 Å². The highest BCUT2D eigenvalue weighted by Gasteiger charge is 2.14. The largest absolute Gasteiger partial charge is 0.396 e. The van der Waals surface area contributed by atoms with Crippen LogP contribution in [0.4, 0.5) is 0 Å². The molecule has 0 radical (unpaired) electrons. The van der Waals surface area contributed by atoms with Crippen LogP contribution in [0.1, 0.15) is 45.4 Å². The van der Waals surface area contributed by atoms with Crippen LogP contribution in [-0.2, 0) is 0 Å². The van der Waals surface area contributed by atoms with E-state index in [9.17, 15) is 0 Å². The zero-order chi connectivity index (χ0) is 11.8. The molecule has 1 saturated carbocycles. The number of nitrogens with two attached hydrogens (primary N) is 1. The third-order valence-corrected chi connectivity index (χ3v) is 3.16. The molecule has 16 heavy (non-hydrogen) atoms. The Morgan fingerprint density at radius 3 is 2.81 bits per heavy atom. The quantitative estimate of drug-likeness (QED) is 0.363. The summed E-state index contributed by atoms with van der Waals surface area (Å²) in [7, 11) is 0. The Labute approximate surface area is 98.3 Å². The summed E-state index contributed by atoms with van der Waals surface area (Å²) in [5, 5.41) is 12.1. The molecule has 94 valence electrons. The summed E-state index contributed by atoms with van der Waals surface area (Å²) in [4.78, 5) is 4.30. The van der Waals surface area contributed by atoms with Gasteiger partial charge in [0.1, 0.15) is 0 Å². The van der Waals surface area contributed by atoms with Crippen molar-refractivity contribution < 1.29 is 5.11 Å². The number of rotatable bonds is 6. The molecular formula is C12H25N3O. The number of aliphatic imine (C=N–C) groups is 1. The van der Waals surface area contributed by atoms with Gasteiger partial charge in [-0.25, -0.2) is 0 Å². The fourth-order valence-electron chi connectivity index (χ4n) is 2.06. The number of nitrogens with zero attached hydrogens (tertiary/aromatic N) is 1. The van der Waals surface area contributed by atoms with Crippen molar-refractivity contribution >= 4 is 5.96 Å². The minimum atomic E-state index is 0.263. The highest BCUT2D eigenvalue weighted by Crippen LogP contribution is 2.17. The molecule has 1 aliphatic carbocycles. The molecular weight excluding hydrogens is 202 g/mol. The number of hydrogen-bond acceptors (Lipinski definition) is 2. The fourth-order valence-corrected chi connectivity index (χ4v) is 2.06. The van der Waals surface area contributed by atoms with Gasteiger partial charge in [-0.1, -0.05) is 19.8 Å². The normalized spacial score (nSPS) is 20.0. The van der Waals surface area contributed by atoms with Crippen LogP contribution < -0.4 is 11.1 Å². The molecule has 1 fully saturated rings. The van der Waals surface area contributed by atoms with Crippen molar-refractivity contribution in [3.8, 4) is 0 Å². The summed E-state index contributed by atoms with van der Waals surface area (Å²) in [6, 6.07) is 0.542. The Morgan fingerprint density at radius 1 is 1.50 bits per heavy atom. The zero-order valence-corrected chi connectivity index (χ0v) is 10.3. The van der Waals surface area contributed by atoms with E-state index in [2.05, 4.69) is 10.3 Å². The van der Waals surface area contributed by atoms with Gasteiger partial charge in [-0.05, 0) is 31.6 Å². The van der Waals surface area contributed by atoms with Gasteiger partial charge >= 0.3 is 0 Å². The lowest BCUT2D eigenvalue weighted by Gasteiger charge is -2.12. The first-order chi connectivity index (χ1) is 7.72. The van der Waals surface area contributed by atoms with Crippen LogP contribution in [0.25, 0.3) is 0 Å². The standard InChI is InChI=1S/C12H25N3O/c1-10(9-16)5-4-8-14-12(13)15-11-6-2-3-7-11/h10-11,16H,2-9H2,1H3,(H3,13,14,15). The van der Waals surface area contributed by atoms with Crippen LogP contribution in [0.5, 0.6) is 0 Å². The van der Waals surface area contributed by atoms with Crippen molar-refractivity contribution in [3.05, 3.63) is 0 Å². The van der Waals surface area contributed by atoms with E-state index in [1.54, 1.807) is 0 Å². The Kier molecular flexibility index (Phi) is 6.23. The zero-order valence-electron chi connectivity index (χ0n) is 10.3. The second-order valence-corrected chi connectivity index (χ2v) is 4.82. The molecule has 4 heteroatoms. The van der Waals surface area contributed by atoms with E-state index >= 15 is 0 Å². The highest BCUT2D eigenvalue weighted by molar-refractivity contribution is 5.78. The van der Waals surface area contributed by atoms with Crippen LogP contribution in [0.3, 0.4) is 0 Å². The van der Waals surface area contributed by atoms with Crippen molar-refractivity contribution in [1.82, 2.24) is 5.32 Å². The van der Waals surface area contributed by atoms with Crippen LogP contribution in [0.15, 0.2) is 4.99 Å². The summed E-state index contributed by atoms with van der Waals surface area (Å²) < 4.78 is 0. The molecule has 0 aliphatic heterocycles. The van der Waals surface area contributed by atoms with Gasteiger partial charge in [-0.3, -0.25) is 4.99 Å². The molecule has 0 aromatic heterocycles. The van der Waals surface area contributed by atoms with E-state index in [-0.39, 0.29) is 6.61 Å². The third-order valence-electron chi connectivity index (χ3n) is 3.16. The lowest BCUT2D eigenvalue weighted by Crippen LogP contribution is -2.38. The van der Waals surface area contributed by atoms with Gasteiger partial charge in [-0.2, -0.15) is 0 Å². The van der Waals surface area contributed by atoms with Crippen LogP contribution >= 0.6 is 0 Å². The van der Waals surface area contributed by atoms with Crippen molar-refractivity contribution in [3.63, 3.8) is 0 Å². The molecule has 1 aliphatic rings. The number of hydrogen-bond donors (Lipinski definition) is 3. The molecule has 1 rings (SSSR count). The van der Waals surface area contributed by atoms with Gasteiger partial charge in [0.15, 0.2) is 5.96 Å². The van der Waals surface area contributed by atoms with Crippen LogP contribution in [0, 0.1) is 5.92 Å². The van der Waals surface area contributed by atoms with Crippen LogP contribution in [0.2, 0.25) is 0 Å². The average molecular weight is 227 g/mol. The first kappa shape index (κ1) is 13.3. The molecule has 0 heterocycles. The Balaban J connectivity index is 2.08. The third kappa shape index (κ3) is 5.35. The number of aliphatic hydroxyl groups excluding tert-OH is 1. The first-order valence-corrected chi connectivity index (χ1v) is 6.39. The topological polar surface area (TPSA) is 70.6 Å². The lowest BCUT2D eigenvalue weighted by molar-refractivity contribution is 0.229. The predicted octanol–water partition coefficient (Wildman–Crippen LogP) is 1.24. The summed E-state index contributed by atoms with van der Waals surface area (Å²) >= 11 is 0. The molecule has 4 nitrogen and oxygen atoms in total. The first-order valence-electron chi connectivity index (χ1n) is 6.39. The predicted molar refractivity (Wildman–Crippen MR) is 67.4 cm³/mol. The summed E-state index contributed by atoms with van der Waals surface area (Å²) in [6.45, 7) is 3.07. The maximum absolute atomic E-state index is 8.86. The lowest BCUT2D eigenvalue weighted by atomic mass is 10.1. The molecule has 1 atom stereocenters. The molecule has 0 saturated heterocycles. The fraction of sp³-hybridized carbons (Fsp3) is 0.917. The van der Waals surface area contributed by atoms with Gasteiger partial charge in [0.25, 0.3) is 0 Å². The maximum Gasteiger partial charge on any atom is 0.188 e. The highest BCUT2D eigenvalue weighted by atomic mass is 16.3. The minimum absolute atomic E-state index is 0.263. The smallest absolute Gasteiger partial charge is 0.188 e.